The van der Waals surface area contributed by atoms with Crippen LogP contribution in [0.15, 0.2) is 24.3 Å². The van der Waals surface area contributed by atoms with E-state index in [1.165, 1.54) is 0 Å². The van der Waals surface area contributed by atoms with Crippen LogP contribution in [0.25, 0.3) is 0 Å². The number of aliphatic hydroxyl groups is 1. The number of hydrogen-bond acceptors (Lipinski definition) is 4. The van der Waals surface area contributed by atoms with Crippen molar-refractivity contribution >= 4 is 0 Å². The van der Waals surface area contributed by atoms with Crippen LogP contribution in [0.4, 0.5) is 0 Å². The molecule has 1 aliphatic heterocycles. The third-order valence-corrected chi connectivity index (χ3v) is 3.74. The van der Waals surface area contributed by atoms with Crippen molar-refractivity contribution in [2.75, 3.05) is 19.7 Å². The largest absolute Gasteiger partial charge is 0.387 e. The summed E-state index contributed by atoms with van der Waals surface area (Å²) < 4.78 is 5.60. The molecule has 0 aliphatic carbocycles. The lowest BCUT2D eigenvalue weighted by atomic mass is 10.1. The lowest BCUT2D eigenvalue weighted by molar-refractivity contribution is -0.0619. The van der Waals surface area contributed by atoms with Crippen LogP contribution >= 0.6 is 0 Å². The molecule has 1 aromatic rings. The molecular weight excluding hydrogens is 240 g/mol. The highest BCUT2D eigenvalue weighted by molar-refractivity contribution is 5.24. The van der Waals surface area contributed by atoms with E-state index in [2.05, 4.69) is 18.7 Å². The summed E-state index contributed by atoms with van der Waals surface area (Å²) in [6.07, 6.45) is -0.220. The lowest BCUT2D eigenvalue weighted by Gasteiger charge is -2.37. The Morgan fingerprint density at radius 1 is 1.37 bits per heavy atom. The second-order valence-electron chi connectivity index (χ2n) is 5.41. The molecule has 1 fully saturated rings. The van der Waals surface area contributed by atoms with Crippen molar-refractivity contribution in [3.63, 3.8) is 0 Å². The van der Waals surface area contributed by atoms with Gasteiger partial charge in [-0.15, -0.1) is 0 Å². The standard InChI is InChI=1S/C15H24N2O2/c1-11-10-19-12(2)8-17(11)9-15(18)14-5-3-13(7-16)4-6-14/h3-6,11-12,15,18H,7-10,16H2,1-2H3. The zero-order valence-corrected chi connectivity index (χ0v) is 11.7. The number of benzene rings is 1. The molecule has 4 nitrogen and oxygen atoms in total. The Morgan fingerprint density at radius 2 is 2.05 bits per heavy atom. The zero-order chi connectivity index (χ0) is 13.8. The zero-order valence-electron chi connectivity index (χ0n) is 11.7. The topological polar surface area (TPSA) is 58.7 Å². The highest BCUT2D eigenvalue weighted by Gasteiger charge is 2.25. The van der Waals surface area contributed by atoms with Gasteiger partial charge in [-0.2, -0.15) is 0 Å². The maximum atomic E-state index is 10.3. The summed E-state index contributed by atoms with van der Waals surface area (Å²) in [5.74, 6) is 0. The number of nitrogens with two attached hydrogens (primary N) is 1. The summed E-state index contributed by atoms with van der Waals surface area (Å²) in [5, 5.41) is 10.3. The van der Waals surface area contributed by atoms with Gasteiger partial charge in [-0.05, 0) is 25.0 Å². The van der Waals surface area contributed by atoms with E-state index in [0.29, 0.717) is 19.1 Å². The maximum Gasteiger partial charge on any atom is 0.0917 e. The molecule has 0 amide bonds. The molecule has 1 heterocycles. The molecule has 0 radical (unpaired) electrons. The minimum absolute atomic E-state index is 0.239. The molecule has 4 heteroatoms. The van der Waals surface area contributed by atoms with Gasteiger partial charge in [0.25, 0.3) is 0 Å². The average molecular weight is 264 g/mol. The Kier molecular flexibility index (Phi) is 4.93. The van der Waals surface area contributed by atoms with Crippen molar-refractivity contribution in [1.29, 1.82) is 0 Å². The molecule has 3 N–H and O–H groups in total. The molecule has 0 saturated carbocycles. The Bertz CT molecular complexity index is 394. The Labute approximate surface area is 115 Å². The minimum atomic E-state index is -0.459. The van der Waals surface area contributed by atoms with Gasteiger partial charge >= 0.3 is 0 Å². The van der Waals surface area contributed by atoms with Gasteiger partial charge in [0, 0.05) is 25.7 Å². The molecule has 19 heavy (non-hydrogen) atoms. The SMILES string of the molecule is CC1CN(CC(O)c2ccc(CN)cc2)C(C)CO1. The van der Waals surface area contributed by atoms with Gasteiger partial charge in [0.1, 0.15) is 0 Å². The minimum Gasteiger partial charge on any atom is -0.387 e. The van der Waals surface area contributed by atoms with Gasteiger partial charge in [0.15, 0.2) is 0 Å². The summed E-state index contributed by atoms with van der Waals surface area (Å²) in [7, 11) is 0. The quantitative estimate of drug-likeness (QED) is 0.860. The first-order valence-electron chi connectivity index (χ1n) is 6.92. The molecule has 0 bridgehead atoms. The molecule has 2 rings (SSSR count). The third kappa shape index (κ3) is 3.76. The fourth-order valence-electron chi connectivity index (χ4n) is 2.43. The molecule has 0 spiro atoms. The van der Waals surface area contributed by atoms with Crippen molar-refractivity contribution in [2.24, 2.45) is 5.73 Å². The predicted octanol–water partition coefficient (Wildman–Crippen LogP) is 1.29. The van der Waals surface area contributed by atoms with Gasteiger partial charge in [-0.3, -0.25) is 4.90 Å². The van der Waals surface area contributed by atoms with Gasteiger partial charge in [0.2, 0.25) is 0 Å². The van der Waals surface area contributed by atoms with Gasteiger partial charge in [-0.25, -0.2) is 0 Å². The van der Waals surface area contributed by atoms with Crippen LogP contribution in [0.5, 0.6) is 0 Å². The molecule has 1 aliphatic rings. The van der Waals surface area contributed by atoms with Gasteiger partial charge < -0.3 is 15.6 Å². The first-order chi connectivity index (χ1) is 9.10. The lowest BCUT2D eigenvalue weighted by Crippen LogP contribution is -2.48. The van der Waals surface area contributed by atoms with E-state index >= 15 is 0 Å². The van der Waals surface area contributed by atoms with Crippen LogP contribution < -0.4 is 5.73 Å². The maximum absolute atomic E-state index is 10.3. The molecule has 3 atom stereocenters. The highest BCUT2D eigenvalue weighted by Crippen LogP contribution is 2.19. The third-order valence-electron chi connectivity index (χ3n) is 3.74. The molecule has 3 unspecified atom stereocenters. The van der Waals surface area contributed by atoms with E-state index in [1.807, 2.05) is 24.3 Å². The number of nitrogens with zero attached hydrogens (tertiary/aromatic N) is 1. The summed E-state index contributed by atoms with van der Waals surface area (Å²) >= 11 is 0. The smallest absolute Gasteiger partial charge is 0.0917 e. The Morgan fingerprint density at radius 3 is 2.68 bits per heavy atom. The Hall–Kier alpha value is -0.940. The van der Waals surface area contributed by atoms with Crippen molar-refractivity contribution < 1.29 is 9.84 Å². The van der Waals surface area contributed by atoms with Crippen molar-refractivity contribution in [3.8, 4) is 0 Å². The second kappa shape index (κ2) is 6.48. The fourth-order valence-corrected chi connectivity index (χ4v) is 2.43. The van der Waals surface area contributed by atoms with Crippen molar-refractivity contribution in [1.82, 2.24) is 4.90 Å². The number of hydrogen-bond donors (Lipinski definition) is 2. The number of β-amino-alcohol motifs (C(OH)–C–C–N with tert-alkyl or cyclic N) is 1. The first kappa shape index (κ1) is 14.5. The number of aliphatic hydroxyl groups excluding tert-OH is 1. The van der Waals surface area contributed by atoms with Crippen molar-refractivity contribution in [3.05, 3.63) is 35.4 Å². The van der Waals surface area contributed by atoms with E-state index < -0.39 is 6.10 Å². The van der Waals surface area contributed by atoms with Crippen LogP contribution in [-0.2, 0) is 11.3 Å². The molecule has 106 valence electrons. The summed E-state index contributed by atoms with van der Waals surface area (Å²) in [4.78, 5) is 2.29. The summed E-state index contributed by atoms with van der Waals surface area (Å²) in [6.45, 7) is 7.00. The highest BCUT2D eigenvalue weighted by atomic mass is 16.5. The van der Waals surface area contributed by atoms with E-state index in [1.54, 1.807) is 0 Å². The van der Waals surface area contributed by atoms with Crippen LogP contribution in [0, 0.1) is 0 Å². The summed E-state index contributed by atoms with van der Waals surface area (Å²) in [5.41, 5.74) is 7.61. The molecule has 1 saturated heterocycles. The second-order valence-corrected chi connectivity index (χ2v) is 5.41. The van der Waals surface area contributed by atoms with Crippen LogP contribution in [-0.4, -0.2) is 41.8 Å². The number of rotatable bonds is 4. The number of morpholine rings is 1. The Balaban J connectivity index is 1.97. The monoisotopic (exact) mass is 264 g/mol. The number of ether oxygens (including phenoxy) is 1. The molecular formula is C15H24N2O2. The normalized spacial score (nSPS) is 26.3. The fraction of sp³-hybridized carbons (Fsp3) is 0.600. The van der Waals surface area contributed by atoms with Crippen LogP contribution in [0.1, 0.15) is 31.1 Å². The van der Waals surface area contributed by atoms with Crippen LogP contribution in [0.3, 0.4) is 0 Å². The average Bonchev–Trinajstić information content (AvgIpc) is 2.43. The van der Waals surface area contributed by atoms with E-state index in [0.717, 1.165) is 24.3 Å². The molecule has 1 aromatic carbocycles. The van der Waals surface area contributed by atoms with E-state index in [9.17, 15) is 5.11 Å². The van der Waals surface area contributed by atoms with Gasteiger partial charge in [0.05, 0.1) is 18.8 Å². The van der Waals surface area contributed by atoms with Crippen molar-refractivity contribution in [2.45, 2.75) is 38.6 Å². The first-order valence-corrected chi connectivity index (χ1v) is 6.92. The van der Waals surface area contributed by atoms with Gasteiger partial charge in [-0.1, -0.05) is 24.3 Å². The van der Waals surface area contributed by atoms with E-state index in [-0.39, 0.29) is 6.10 Å². The molecule has 0 aromatic heterocycles. The summed E-state index contributed by atoms with van der Waals surface area (Å²) in [6, 6.07) is 8.23. The van der Waals surface area contributed by atoms with E-state index in [4.69, 9.17) is 10.5 Å². The predicted molar refractivity (Wildman–Crippen MR) is 75.7 cm³/mol. The van der Waals surface area contributed by atoms with Crippen LogP contribution in [0.2, 0.25) is 0 Å².